The van der Waals surface area contributed by atoms with Crippen molar-refractivity contribution in [3.05, 3.63) is 64.7 Å². The zero-order valence-corrected chi connectivity index (χ0v) is 14.3. The van der Waals surface area contributed by atoms with E-state index in [0.29, 0.717) is 30.3 Å². The van der Waals surface area contributed by atoms with Crippen LogP contribution in [0.25, 0.3) is 0 Å². The summed E-state index contributed by atoms with van der Waals surface area (Å²) < 4.78 is 33.1. The Bertz CT molecular complexity index is 793. The normalized spacial score (nSPS) is 19.7. The minimum atomic E-state index is -3.59. The standard InChI is InChI=1S/C17H18ClNO3S/c1-13-7-8-15(18)11-17(13)23(20,21)19-9-10-22-16(12-19)14-5-3-2-4-6-14/h2-8,11,16H,9-10,12H2,1H3. The number of nitrogens with zero attached hydrogens (tertiary/aromatic N) is 1. The molecular weight excluding hydrogens is 334 g/mol. The van der Waals surface area contributed by atoms with Gasteiger partial charge in [-0.2, -0.15) is 4.31 Å². The maximum Gasteiger partial charge on any atom is 0.243 e. The van der Waals surface area contributed by atoms with Gasteiger partial charge in [0.1, 0.15) is 0 Å². The molecule has 2 aromatic rings. The second kappa shape index (κ2) is 6.61. The topological polar surface area (TPSA) is 46.6 Å². The van der Waals surface area contributed by atoms with Gasteiger partial charge >= 0.3 is 0 Å². The third-order valence-corrected chi connectivity index (χ3v) is 6.21. The van der Waals surface area contributed by atoms with Crippen molar-refractivity contribution in [3.63, 3.8) is 0 Å². The molecule has 4 nitrogen and oxygen atoms in total. The second-order valence-corrected chi connectivity index (χ2v) is 7.89. The van der Waals surface area contributed by atoms with Crippen molar-refractivity contribution in [1.82, 2.24) is 4.31 Å². The first-order valence-corrected chi connectivity index (χ1v) is 9.23. The smallest absolute Gasteiger partial charge is 0.243 e. The summed E-state index contributed by atoms with van der Waals surface area (Å²) in [5.74, 6) is 0. The van der Waals surface area contributed by atoms with Gasteiger partial charge in [0.05, 0.1) is 17.6 Å². The summed E-state index contributed by atoms with van der Waals surface area (Å²) in [5, 5.41) is 0.419. The minimum Gasteiger partial charge on any atom is -0.371 e. The van der Waals surface area contributed by atoms with E-state index in [4.69, 9.17) is 16.3 Å². The minimum absolute atomic E-state index is 0.251. The molecule has 0 N–H and O–H groups in total. The molecule has 1 fully saturated rings. The lowest BCUT2D eigenvalue weighted by Crippen LogP contribution is -2.42. The number of ether oxygens (including phenoxy) is 1. The lowest BCUT2D eigenvalue weighted by molar-refractivity contribution is -0.00256. The van der Waals surface area contributed by atoms with E-state index in [-0.39, 0.29) is 11.0 Å². The highest BCUT2D eigenvalue weighted by Gasteiger charge is 2.32. The van der Waals surface area contributed by atoms with Gasteiger partial charge in [0, 0.05) is 18.1 Å². The van der Waals surface area contributed by atoms with E-state index in [1.54, 1.807) is 19.1 Å². The maximum absolute atomic E-state index is 12.9. The van der Waals surface area contributed by atoms with Crippen LogP contribution in [0.1, 0.15) is 17.2 Å². The van der Waals surface area contributed by atoms with Crippen LogP contribution in [0.3, 0.4) is 0 Å². The third kappa shape index (κ3) is 3.43. The van der Waals surface area contributed by atoms with Gasteiger partial charge in [-0.15, -0.1) is 0 Å². The molecule has 122 valence electrons. The molecule has 1 aliphatic rings. The Morgan fingerprint density at radius 3 is 2.65 bits per heavy atom. The largest absolute Gasteiger partial charge is 0.371 e. The molecule has 23 heavy (non-hydrogen) atoms. The Morgan fingerprint density at radius 2 is 1.91 bits per heavy atom. The van der Waals surface area contributed by atoms with Crippen molar-refractivity contribution in [3.8, 4) is 0 Å². The summed E-state index contributed by atoms with van der Waals surface area (Å²) in [6.07, 6.45) is -0.251. The monoisotopic (exact) mass is 351 g/mol. The molecule has 6 heteroatoms. The molecule has 0 bridgehead atoms. The molecular formula is C17H18ClNO3S. The Morgan fingerprint density at radius 1 is 1.17 bits per heavy atom. The first-order chi connectivity index (χ1) is 11.0. The number of hydrogen-bond acceptors (Lipinski definition) is 3. The van der Waals surface area contributed by atoms with Crippen molar-refractivity contribution in [1.29, 1.82) is 0 Å². The van der Waals surface area contributed by atoms with E-state index in [2.05, 4.69) is 0 Å². The van der Waals surface area contributed by atoms with Gasteiger partial charge in [-0.3, -0.25) is 0 Å². The third-order valence-electron chi connectivity index (χ3n) is 3.97. The summed E-state index contributed by atoms with van der Waals surface area (Å²) in [5.41, 5.74) is 1.67. The first kappa shape index (κ1) is 16.5. The summed E-state index contributed by atoms with van der Waals surface area (Å²) in [7, 11) is -3.59. The molecule has 0 spiro atoms. The van der Waals surface area contributed by atoms with Gasteiger partial charge in [0.2, 0.25) is 10.0 Å². The Labute approximate surface area is 141 Å². The van der Waals surface area contributed by atoms with E-state index in [0.717, 1.165) is 5.56 Å². The average molecular weight is 352 g/mol. The molecule has 2 aromatic carbocycles. The van der Waals surface area contributed by atoms with Gasteiger partial charge in [-0.05, 0) is 30.2 Å². The van der Waals surface area contributed by atoms with E-state index >= 15 is 0 Å². The van der Waals surface area contributed by atoms with Crippen LogP contribution < -0.4 is 0 Å². The average Bonchev–Trinajstić information content (AvgIpc) is 2.58. The van der Waals surface area contributed by atoms with Crippen LogP contribution in [0.15, 0.2) is 53.4 Å². The van der Waals surface area contributed by atoms with E-state index in [1.807, 2.05) is 30.3 Å². The molecule has 0 aromatic heterocycles. The maximum atomic E-state index is 12.9. The second-order valence-electron chi connectivity index (χ2n) is 5.54. The van der Waals surface area contributed by atoms with Gasteiger partial charge in [0.25, 0.3) is 0 Å². The van der Waals surface area contributed by atoms with Crippen LogP contribution in [0.5, 0.6) is 0 Å². The van der Waals surface area contributed by atoms with Gasteiger partial charge in [-0.1, -0.05) is 48.0 Å². The Hall–Kier alpha value is -1.40. The van der Waals surface area contributed by atoms with Gasteiger partial charge in [0.15, 0.2) is 0 Å². The van der Waals surface area contributed by atoms with Crippen LogP contribution in [-0.2, 0) is 14.8 Å². The molecule has 0 radical (unpaired) electrons. The SMILES string of the molecule is Cc1ccc(Cl)cc1S(=O)(=O)N1CCOC(c2ccccc2)C1. The fraction of sp³-hybridized carbons (Fsp3) is 0.294. The predicted molar refractivity (Wildman–Crippen MR) is 90.1 cm³/mol. The quantitative estimate of drug-likeness (QED) is 0.851. The van der Waals surface area contributed by atoms with E-state index < -0.39 is 10.0 Å². The lowest BCUT2D eigenvalue weighted by Gasteiger charge is -2.32. The van der Waals surface area contributed by atoms with Crippen LogP contribution >= 0.6 is 11.6 Å². The molecule has 0 amide bonds. The molecule has 1 aliphatic heterocycles. The lowest BCUT2D eigenvalue weighted by atomic mass is 10.1. The van der Waals surface area contributed by atoms with Crippen molar-refractivity contribution in [2.45, 2.75) is 17.9 Å². The number of hydrogen-bond donors (Lipinski definition) is 0. The van der Waals surface area contributed by atoms with Crippen LogP contribution in [0.4, 0.5) is 0 Å². The van der Waals surface area contributed by atoms with Crippen LogP contribution in [0.2, 0.25) is 5.02 Å². The molecule has 0 aliphatic carbocycles. The van der Waals surface area contributed by atoms with Crippen LogP contribution in [0, 0.1) is 6.92 Å². The number of rotatable bonds is 3. The Balaban J connectivity index is 1.90. The number of aryl methyl sites for hydroxylation is 1. The molecule has 3 rings (SSSR count). The number of benzene rings is 2. The predicted octanol–water partition coefficient (Wildman–Crippen LogP) is 3.41. The number of morpholine rings is 1. The van der Waals surface area contributed by atoms with Crippen molar-refractivity contribution in [2.24, 2.45) is 0 Å². The van der Waals surface area contributed by atoms with E-state index in [1.165, 1.54) is 10.4 Å². The summed E-state index contributed by atoms with van der Waals surface area (Å²) in [4.78, 5) is 0.263. The fourth-order valence-corrected chi connectivity index (χ4v) is 4.62. The number of halogens is 1. The van der Waals surface area contributed by atoms with Gasteiger partial charge < -0.3 is 4.74 Å². The highest BCUT2D eigenvalue weighted by atomic mass is 35.5. The highest BCUT2D eigenvalue weighted by Crippen LogP contribution is 2.28. The summed E-state index contributed by atoms with van der Waals surface area (Å²) in [6, 6.07) is 14.6. The van der Waals surface area contributed by atoms with Crippen LogP contribution in [-0.4, -0.2) is 32.4 Å². The highest BCUT2D eigenvalue weighted by molar-refractivity contribution is 7.89. The van der Waals surface area contributed by atoms with Gasteiger partial charge in [-0.25, -0.2) is 8.42 Å². The first-order valence-electron chi connectivity index (χ1n) is 7.41. The molecule has 1 heterocycles. The molecule has 0 saturated carbocycles. The Kier molecular flexibility index (Phi) is 4.73. The fourth-order valence-electron chi connectivity index (χ4n) is 2.70. The zero-order chi connectivity index (χ0) is 16.4. The number of sulfonamides is 1. The molecule has 1 saturated heterocycles. The zero-order valence-electron chi connectivity index (χ0n) is 12.8. The van der Waals surface area contributed by atoms with E-state index in [9.17, 15) is 8.42 Å². The summed E-state index contributed by atoms with van der Waals surface area (Å²) in [6.45, 7) is 2.80. The van der Waals surface area contributed by atoms with Crippen molar-refractivity contribution >= 4 is 21.6 Å². The molecule has 1 atom stereocenters. The van der Waals surface area contributed by atoms with Crippen molar-refractivity contribution < 1.29 is 13.2 Å². The summed E-state index contributed by atoms with van der Waals surface area (Å²) >= 11 is 5.98. The molecule has 1 unspecified atom stereocenters. The van der Waals surface area contributed by atoms with Crippen molar-refractivity contribution in [2.75, 3.05) is 19.7 Å².